The molecule has 0 bridgehead atoms. The van der Waals surface area contributed by atoms with Crippen LogP contribution in [0.4, 0.5) is 0 Å². The van der Waals surface area contributed by atoms with Gasteiger partial charge in [0, 0.05) is 6.54 Å². The zero-order valence-electron chi connectivity index (χ0n) is 11.1. The van der Waals surface area contributed by atoms with E-state index < -0.39 is 12.0 Å². The van der Waals surface area contributed by atoms with Crippen LogP contribution in [0.3, 0.4) is 0 Å². The summed E-state index contributed by atoms with van der Waals surface area (Å²) in [7, 11) is 1.99. The first-order chi connectivity index (χ1) is 8.49. The van der Waals surface area contributed by atoms with Crippen molar-refractivity contribution in [3.8, 4) is 0 Å². The molecule has 0 aliphatic heterocycles. The zero-order valence-corrected chi connectivity index (χ0v) is 11.1. The number of benzene rings is 1. The molecule has 1 unspecified atom stereocenters. The Kier molecular flexibility index (Phi) is 5.82. The second kappa shape index (κ2) is 7.13. The van der Waals surface area contributed by atoms with Crippen molar-refractivity contribution in [3.63, 3.8) is 0 Å². The third-order valence-corrected chi connectivity index (χ3v) is 3.00. The Morgan fingerprint density at radius 3 is 2.78 bits per heavy atom. The van der Waals surface area contributed by atoms with Crippen molar-refractivity contribution < 1.29 is 9.90 Å². The minimum Gasteiger partial charge on any atom is -0.480 e. The topological polar surface area (TPSA) is 66.6 Å². The molecule has 0 spiro atoms. The van der Waals surface area contributed by atoms with E-state index in [-0.39, 0.29) is 0 Å². The molecule has 0 aliphatic carbocycles. The van der Waals surface area contributed by atoms with Gasteiger partial charge >= 0.3 is 5.97 Å². The molecule has 0 saturated carbocycles. The second-order valence-electron chi connectivity index (χ2n) is 4.78. The monoisotopic (exact) mass is 250 g/mol. The zero-order chi connectivity index (χ0) is 13.5. The Bertz CT molecular complexity index is 393. The average molecular weight is 250 g/mol. The molecular formula is C14H22N2O2. The number of nitrogens with two attached hydrogens (primary N) is 1. The van der Waals surface area contributed by atoms with E-state index in [0.717, 1.165) is 13.0 Å². The van der Waals surface area contributed by atoms with Gasteiger partial charge in [-0.1, -0.05) is 29.8 Å². The Labute approximate surface area is 108 Å². The number of hydrogen-bond donors (Lipinski definition) is 2. The van der Waals surface area contributed by atoms with Gasteiger partial charge in [-0.3, -0.25) is 4.79 Å². The van der Waals surface area contributed by atoms with Crippen LogP contribution in [0.2, 0.25) is 0 Å². The molecule has 0 radical (unpaired) electrons. The lowest BCUT2D eigenvalue weighted by Crippen LogP contribution is -2.34. The summed E-state index contributed by atoms with van der Waals surface area (Å²) in [5, 5.41) is 8.69. The molecule has 0 aliphatic rings. The average Bonchev–Trinajstić information content (AvgIpc) is 2.33. The fourth-order valence-corrected chi connectivity index (χ4v) is 1.78. The highest BCUT2D eigenvalue weighted by atomic mass is 16.4. The first kappa shape index (κ1) is 14.7. The lowest BCUT2D eigenvalue weighted by molar-refractivity contribution is -0.138. The molecule has 100 valence electrons. The molecule has 18 heavy (non-hydrogen) atoms. The summed E-state index contributed by atoms with van der Waals surface area (Å²) >= 11 is 0. The van der Waals surface area contributed by atoms with Gasteiger partial charge in [0.05, 0.1) is 0 Å². The van der Waals surface area contributed by atoms with Gasteiger partial charge in [-0.2, -0.15) is 0 Å². The van der Waals surface area contributed by atoms with Gasteiger partial charge in [-0.05, 0) is 38.9 Å². The van der Waals surface area contributed by atoms with Crippen LogP contribution < -0.4 is 5.73 Å². The maximum atomic E-state index is 10.6. The fourth-order valence-electron chi connectivity index (χ4n) is 1.78. The van der Waals surface area contributed by atoms with Crippen molar-refractivity contribution in [2.24, 2.45) is 5.73 Å². The van der Waals surface area contributed by atoms with Crippen LogP contribution in [-0.2, 0) is 11.2 Å². The molecule has 1 atom stereocenters. The van der Waals surface area contributed by atoms with Crippen LogP contribution in [-0.4, -0.2) is 42.2 Å². The van der Waals surface area contributed by atoms with Crippen molar-refractivity contribution in [1.29, 1.82) is 0 Å². The summed E-state index contributed by atoms with van der Waals surface area (Å²) in [5.74, 6) is -0.929. The van der Waals surface area contributed by atoms with E-state index in [1.54, 1.807) is 0 Å². The Hall–Kier alpha value is -1.39. The highest BCUT2D eigenvalue weighted by molar-refractivity contribution is 5.72. The molecule has 4 heteroatoms. The molecule has 0 heterocycles. The van der Waals surface area contributed by atoms with Crippen LogP contribution in [0, 0.1) is 6.92 Å². The van der Waals surface area contributed by atoms with Gasteiger partial charge < -0.3 is 15.7 Å². The number of nitrogens with zero attached hydrogens (tertiary/aromatic N) is 1. The molecule has 0 amide bonds. The van der Waals surface area contributed by atoms with E-state index in [0.29, 0.717) is 13.0 Å². The van der Waals surface area contributed by atoms with Crippen molar-refractivity contribution in [2.45, 2.75) is 25.8 Å². The number of hydrogen-bond acceptors (Lipinski definition) is 3. The quantitative estimate of drug-likeness (QED) is 0.765. The van der Waals surface area contributed by atoms with Crippen LogP contribution in [0.25, 0.3) is 0 Å². The molecule has 3 N–H and O–H groups in total. The number of aliphatic carboxylic acids is 1. The van der Waals surface area contributed by atoms with Crippen molar-refractivity contribution in [1.82, 2.24) is 4.90 Å². The summed E-state index contributed by atoms with van der Waals surface area (Å²) in [4.78, 5) is 12.7. The van der Waals surface area contributed by atoms with E-state index in [1.807, 2.05) is 7.05 Å². The van der Waals surface area contributed by atoms with E-state index in [2.05, 4.69) is 36.1 Å². The Morgan fingerprint density at radius 1 is 1.44 bits per heavy atom. The van der Waals surface area contributed by atoms with Gasteiger partial charge in [-0.25, -0.2) is 0 Å². The Balaban J connectivity index is 2.29. The summed E-state index contributed by atoms with van der Waals surface area (Å²) in [6.07, 6.45) is 1.46. The van der Waals surface area contributed by atoms with E-state index in [1.165, 1.54) is 11.1 Å². The lowest BCUT2D eigenvalue weighted by atomic mass is 10.1. The molecule has 0 fully saturated rings. The largest absolute Gasteiger partial charge is 0.480 e. The number of aryl methyl sites for hydroxylation is 1. The summed E-state index contributed by atoms with van der Waals surface area (Å²) in [6.45, 7) is 3.70. The minimum atomic E-state index is -0.929. The first-order valence-corrected chi connectivity index (χ1v) is 6.21. The van der Waals surface area contributed by atoms with E-state index in [9.17, 15) is 4.79 Å². The number of carboxylic acid groups (broad SMARTS) is 1. The second-order valence-corrected chi connectivity index (χ2v) is 4.78. The molecule has 1 rings (SSSR count). The number of rotatable bonds is 7. The first-order valence-electron chi connectivity index (χ1n) is 6.21. The highest BCUT2D eigenvalue weighted by Gasteiger charge is 2.11. The summed E-state index contributed by atoms with van der Waals surface area (Å²) in [5.41, 5.74) is 8.04. The predicted molar refractivity (Wildman–Crippen MR) is 72.6 cm³/mol. The molecule has 0 saturated heterocycles. The fraction of sp³-hybridized carbons (Fsp3) is 0.500. The van der Waals surface area contributed by atoms with Gasteiger partial charge in [0.25, 0.3) is 0 Å². The van der Waals surface area contributed by atoms with Gasteiger partial charge in [0.1, 0.15) is 6.04 Å². The van der Waals surface area contributed by atoms with Crippen LogP contribution in [0.1, 0.15) is 17.5 Å². The standard InChI is InChI=1S/C14H22N2O2/c1-11-4-3-5-12(10-11)6-8-16(2)9-7-13(15)14(17)18/h3-5,10,13H,6-9,15H2,1-2H3,(H,17,18). The van der Waals surface area contributed by atoms with Crippen LogP contribution in [0.15, 0.2) is 24.3 Å². The van der Waals surface area contributed by atoms with Gasteiger partial charge in [0.2, 0.25) is 0 Å². The third kappa shape index (κ3) is 5.29. The van der Waals surface area contributed by atoms with Crippen LogP contribution in [0.5, 0.6) is 0 Å². The predicted octanol–water partition coefficient (Wildman–Crippen LogP) is 1.27. The van der Waals surface area contributed by atoms with E-state index in [4.69, 9.17) is 10.8 Å². The number of likely N-dealkylation sites (N-methyl/N-ethyl adjacent to an activating group) is 1. The maximum Gasteiger partial charge on any atom is 0.320 e. The van der Waals surface area contributed by atoms with E-state index >= 15 is 0 Å². The van der Waals surface area contributed by atoms with Crippen LogP contribution >= 0.6 is 0 Å². The van der Waals surface area contributed by atoms with Gasteiger partial charge in [0.15, 0.2) is 0 Å². The van der Waals surface area contributed by atoms with Crippen molar-refractivity contribution >= 4 is 5.97 Å². The number of carbonyl (C=O) groups is 1. The molecule has 1 aromatic rings. The van der Waals surface area contributed by atoms with Crippen molar-refractivity contribution in [3.05, 3.63) is 35.4 Å². The lowest BCUT2D eigenvalue weighted by Gasteiger charge is -2.17. The molecule has 1 aromatic carbocycles. The summed E-state index contributed by atoms with van der Waals surface area (Å²) < 4.78 is 0. The number of carboxylic acids is 1. The normalized spacial score (nSPS) is 12.7. The molecular weight excluding hydrogens is 228 g/mol. The minimum absolute atomic E-state index is 0.486. The van der Waals surface area contributed by atoms with Gasteiger partial charge in [-0.15, -0.1) is 0 Å². The third-order valence-electron chi connectivity index (χ3n) is 3.00. The molecule has 0 aromatic heterocycles. The highest BCUT2D eigenvalue weighted by Crippen LogP contribution is 2.05. The Morgan fingerprint density at radius 2 is 2.17 bits per heavy atom. The smallest absolute Gasteiger partial charge is 0.320 e. The maximum absolute atomic E-state index is 10.6. The SMILES string of the molecule is Cc1cccc(CCN(C)CCC(N)C(=O)O)c1. The summed E-state index contributed by atoms with van der Waals surface area (Å²) in [6, 6.07) is 7.68. The van der Waals surface area contributed by atoms with Crippen molar-refractivity contribution in [2.75, 3.05) is 20.1 Å². The molecule has 4 nitrogen and oxygen atoms in total.